The third-order valence-corrected chi connectivity index (χ3v) is 3.80. The SMILES string of the molecule is O=C1NCCCC1CCn1ccc2ccccc21. The van der Waals surface area contributed by atoms with Crippen molar-refractivity contribution in [3.8, 4) is 0 Å². The van der Waals surface area contributed by atoms with E-state index < -0.39 is 0 Å². The van der Waals surface area contributed by atoms with Gasteiger partial charge in [-0.3, -0.25) is 4.79 Å². The normalized spacial score (nSPS) is 20.0. The maximum atomic E-state index is 11.7. The van der Waals surface area contributed by atoms with Crippen molar-refractivity contribution in [2.45, 2.75) is 25.8 Å². The molecule has 3 nitrogen and oxygen atoms in total. The van der Waals surface area contributed by atoms with E-state index in [2.05, 4.69) is 46.4 Å². The predicted octanol–water partition coefficient (Wildman–Crippen LogP) is 2.56. The van der Waals surface area contributed by atoms with E-state index in [0.717, 1.165) is 32.4 Å². The number of rotatable bonds is 3. The number of amides is 1. The van der Waals surface area contributed by atoms with Gasteiger partial charge in [0.15, 0.2) is 0 Å². The molecule has 1 unspecified atom stereocenters. The molecule has 1 aliphatic heterocycles. The topological polar surface area (TPSA) is 34.0 Å². The number of benzene rings is 1. The Morgan fingerprint density at radius 3 is 3.06 bits per heavy atom. The lowest BCUT2D eigenvalue weighted by molar-refractivity contribution is -0.126. The molecule has 0 aliphatic carbocycles. The number of piperidine rings is 1. The van der Waals surface area contributed by atoms with Gasteiger partial charge in [0.25, 0.3) is 0 Å². The highest BCUT2D eigenvalue weighted by Crippen LogP contribution is 2.20. The minimum Gasteiger partial charge on any atom is -0.356 e. The molecule has 94 valence electrons. The third kappa shape index (κ3) is 2.13. The lowest BCUT2D eigenvalue weighted by Gasteiger charge is -2.21. The van der Waals surface area contributed by atoms with Crippen LogP contribution in [0.5, 0.6) is 0 Å². The first kappa shape index (κ1) is 11.3. The van der Waals surface area contributed by atoms with Crippen LogP contribution in [-0.2, 0) is 11.3 Å². The van der Waals surface area contributed by atoms with E-state index in [1.807, 2.05) is 0 Å². The lowest BCUT2D eigenvalue weighted by Crippen LogP contribution is -2.36. The van der Waals surface area contributed by atoms with Gasteiger partial charge >= 0.3 is 0 Å². The first-order valence-corrected chi connectivity index (χ1v) is 6.66. The van der Waals surface area contributed by atoms with E-state index in [1.54, 1.807) is 0 Å². The third-order valence-electron chi connectivity index (χ3n) is 3.80. The second kappa shape index (κ2) is 4.84. The van der Waals surface area contributed by atoms with E-state index >= 15 is 0 Å². The van der Waals surface area contributed by atoms with E-state index in [-0.39, 0.29) is 11.8 Å². The van der Waals surface area contributed by atoms with Gasteiger partial charge in [0.1, 0.15) is 0 Å². The Kier molecular flexibility index (Phi) is 3.05. The van der Waals surface area contributed by atoms with Crippen molar-refractivity contribution in [3.63, 3.8) is 0 Å². The summed E-state index contributed by atoms with van der Waals surface area (Å²) >= 11 is 0. The van der Waals surface area contributed by atoms with Gasteiger partial charge in [-0.05, 0) is 36.8 Å². The van der Waals surface area contributed by atoms with Crippen LogP contribution in [0.25, 0.3) is 10.9 Å². The zero-order valence-electron chi connectivity index (χ0n) is 10.4. The van der Waals surface area contributed by atoms with Crippen LogP contribution < -0.4 is 5.32 Å². The van der Waals surface area contributed by atoms with E-state index in [9.17, 15) is 4.79 Å². The van der Waals surface area contributed by atoms with Gasteiger partial charge in [0.05, 0.1) is 0 Å². The van der Waals surface area contributed by atoms with Gasteiger partial charge in [0.2, 0.25) is 5.91 Å². The van der Waals surface area contributed by atoms with Crippen LogP contribution in [0.3, 0.4) is 0 Å². The smallest absolute Gasteiger partial charge is 0.223 e. The molecule has 1 fully saturated rings. The Hall–Kier alpha value is -1.77. The second-order valence-corrected chi connectivity index (χ2v) is 4.99. The maximum Gasteiger partial charge on any atom is 0.223 e. The lowest BCUT2D eigenvalue weighted by atomic mass is 9.95. The molecule has 0 radical (unpaired) electrons. The molecule has 1 aromatic carbocycles. The van der Waals surface area contributed by atoms with Crippen LogP contribution in [0.2, 0.25) is 0 Å². The minimum absolute atomic E-state index is 0.194. The molecule has 2 aromatic rings. The Labute approximate surface area is 107 Å². The fraction of sp³-hybridized carbons (Fsp3) is 0.400. The molecule has 1 aliphatic rings. The molecule has 1 atom stereocenters. The summed E-state index contributed by atoms with van der Waals surface area (Å²) in [6.07, 6.45) is 5.20. The first-order chi connectivity index (χ1) is 8.84. The number of para-hydroxylation sites is 1. The zero-order valence-corrected chi connectivity index (χ0v) is 10.4. The highest BCUT2D eigenvalue weighted by Gasteiger charge is 2.21. The molecule has 2 heterocycles. The van der Waals surface area contributed by atoms with Crippen LogP contribution in [-0.4, -0.2) is 17.0 Å². The van der Waals surface area contributed by atoms with Crippen molar-refractivity contribution in [2.24, 2.45) is 5.92 Å². The van der Waals surface area contributed by atoms with Crippen LogP contribution in [0.4, 0.5) is 0 Å². The van der Waals surface area contributed by atoms with E-state index in [0.29, 0.717) is 0 Å². The molecule has 18 heavy (non-hydrogen) atoms. The van der Waals surface area contributed by atoms with Crippen molar-refractivity contribution < 1.29 is 4.79 Å². The predicted molar refractivity (Wildman–Crippen MR) is 72.3 cm³/mol. The molecule has 1 saturated heterocycles. The monoisotopic (exact) mass is 242 g/mol. The summed E-state index contributed by atoms with van der Waals surface area (Å²) in [6.45, 7) is 1.77. The number of carbonyl (C=O) groups is 1. The molecular weight excluding hydrogens is 224 g/mol. The molecule has 1 N–H and O–H groups in total. The number of hydrogen-bond acceptors (Lipinski definition) is 1. The van der Waals surface area contributed by atoms with Crippen LogP contribution >= 0.6 is 0 Å². The molecule has 0 saturated carbocycles. The van der Waals surface area contributed by atoms with Gasteiger partial charge in [-0.1, -0.05) is 18.2 Å². The van der Waals surface area contributed by atoms with Crippen molar-refractivity contribution in [3.05, 3.63) is 36.5 Å². The molecular formula is C15H18N2O. The highest BCUT2D eigenvalue weighted by atomic mass is 16.1. The van der Waals surface area contributed by atoms with Gasteiger partial charge < -0.3 is 9.88 Å². The fourth-order valence-electron chi connectivity index (χ4n) is 2.74. The molecule has 3 heteroatoms. The van der Waals surface area contributed by atoms with Gasteiger partial charge in [-0.25, -0.2) is 0 Å². The quantitative estimate of drug-likeness (QED) is 0.881. The molecule has 1 amide bonds. The molecule has 0 spiro atoms. The summed E-state index contributed by atoms with van der Waals surface area (Å²) in [5, 5.41) is 4.22. The number of fused-ring (bicyclic) bond motifs is 1. The number of aromatic nitrogens is 1. The Morgan fingerprint density at radius 2 is 2.17 bits per heavy atom. The van der Waals surface area contributed by atoms with Crippen molar-refractivity contribution >= 4 is 16.8 Å². The van der Waals surface area contributed by atoms with Crippen molar-refractivity contribution in [1.29, 1.82) is 0 Å². The van der Waals surface area contributed by atoms with E-state index in [1.165, 1.54) is 10.9 Å². The number of aryl methyl sites for hydroxylation is 1. The molecule has 0 bridgehead atoms. The maximum absolute atomic E-state index is 11.7. The number of nitrogens with zero attached hydrogens (tertiary/aromatic N) is 1. The Morgan fingerprint density at radius 1 is 1.28 bits per heavy atom. The summed E-state index contributed by atoms with van der Waals surface area (Å²) in [7, 11) is 0. The summed E-state index contributed by atoms with van der Waals surface area (Å²) in [5.74, 6) is 0.428. The van der Waals surface area contributed by atoms with Gasteiger partial charge in [-0.2, -0.15) is 0 Å². The Bertz CT molecular complexity index is 558. The average molecular weight is 242 g/mol. The number of hydrogen-bond donors (Lipinski definition) is 1. The Balaban J connectivity index is 1.71. The number of nitrogens with one attached hydrogen (secondary N) is 1. The minimum atomic E-state index is 0.194. The summed E-state index contributed by atoms with van der Waals surface area (Å²) in [4.78, 5) is 11.7. The standard InChI is InChI=1S/C15H18N2O/c18-15-13(5-3-9-16-15)8-11-17-10-7-12-4-1-2-6-14(12)17/h1-2,4,6-7,10,13H,3,5,8-9,11H2,(H,16,18). The van der Waals surface area contributed by atoms with Gasteiger partial charge in [-0.15, -0.1) is 0 Å². The summed E-state index contributed by atoms with van der Waals surface area (Å²) < 4.78 is 2.25. The van der Waals surface area contributed by atoms with Crippen LogP contribution in [0.1, 0.15) is 19.3 Å². The first-order valence-electron chi connectivity index (χ1n) is 6.66. The fourth-order valence-corrected chi connectivity index (χ4v) is 2.74. The number of carbonyl (C=O) groups excluding carboxylic acids is 1. The van der Waals surface area contributed by atoms with Crippen LogP contribution in [0, 0.1) is 5.92 Å². The summed E-state index contributed by atoms with van der Waals surface area (Å²) in [5.41, 5.74) is 1.26. The van der Waals surface area contributed by atoms with Gasteiger partial charge in [0, 0.05) is 30.7 Å². The van der Waals surface area contributed by atoms with E-state index in [4.69, 9.17) is 0 Å². The molecule has 3 rings (SSSR count). The average Bonchev–Trinajstić information content (AvgIpc) is 2.81. The largest absolute Gasteiger partial charge is 0.356 e. The highest BCUT2D eigenvalue weighted by molar-refractivity contribution is 5.80. The molecule has 1 aromatic heterocycles. The summed E-state index contributed by atoms with van der Waals surface area (Å²) in [6, 6.07) is 10.5. The zero-order chi connectivity index (χ0) is 12.4. The van der Waals surface area contributed by atoms with Crippen molar-refractivity contribution in [2.75, 3.05) is 6.54 Å². The van der Waals surface area contributed by atoms with Crippen LogP contribution in [0.15, 0.2) is 36.5 Å². The second-order valence-electron chi connectivity index (χ2n) is 4.99. The van der Waals surface area contributed by atoms with Crippen molar-refractivity contribution in [1.82, 2.24) is 9.88 Å².